The molecule has 1 aliphatic heterocycles. The first-order valence-electron chi connectivity index (χ1n) is 9.54. The van der Waals surface area contributed by atoms with Gasteiger partial charge in [0, 0.05) is 18.8 Å². The Morgan fingerprint density at radius 3 is 2.92 bits per heavy atom. The molecule has 2 N–H and O–H groups in total. The van der Waals surface area contributed by atoms with Crippen LogP contribution in [0.2, 0.25) is 0 Å². The summed E-state index contributed by atoms with van der Waals surface area (Å²) in [7, 11) is 0. The number of fused-ring (bicyclic) bond motifs is 1. The molecule has 4 nitrogen and oxygen atoms in total. The first kappa shape index (κ1) is 19.0. The predicted octanol–water partition coefficient (Wildman–Crippen LogP) is 4.44. The van der Waals surface area contributed by atoms with Crippen LogP contribution in [-0.4, -0.2) is 28.4 Å². The van der Waals surface area contributed by atoms with E-state index in [4.69, 9.17) is 9.84 Å². The van der Waals surface area contributed by atoms with Crippen LogP contribution in [0.1, 0.15) is 71.1 Å². The lowest BCUT2D eigenvalue weighted by Crippen LogP contribution is -2.12. The highest BCUT2D eigenvalue weighted by molar-refractivity contribution is 5.66. The number of hydrogen-bond acceptors (Lipinski definition) is 3. The molecular weight excluding hydrogens is 304 g/mol. The van der Waals surface area contributed by atoms with Gasteiger partial charge in [-0.1, -0.05) is 38.3 Å². The number of allylic oxidation sites excluding steroid dienone is 3. The maximum atomic E-state index is 10.5. The second kappa shape index (κ2) is 9.87. The number of ether oxygens (including phenoxy) is 1. The van der Waals surface area contributed by atoms with Crippen LogP contribution in [0.15, 0.2) is 24.0 Å². The summed E-state index contributed by atoms with van der Waals surface area (Å²) in [5.41, 5.74) is 0. The Balaban J connectivity index is 1.75. The number of aliphatic hydroxyl groups is 1. The van der Waals surface area contributed by atoms with Crippen molar-refractivity contribution in [3.63, 3.8) is 0 Å². The quantitative estimate of drug-likeness (QED) is 0.457. The van der Waals surface area contributed by atoms with E-state index in [1.54, 1.807) is 0 Å². The van der Waals surface area contributed by atoms with Crippen LogP contribution in [-0.2, 0) is 9.53 Å². The summed E-state index contributed by atoms with van der Waals surface area (Å²) in [6.07, 6.45) is 15.4. The fourth-order valence-corrected chi connectivity index (χ4v) is 3.82. The molecule has 0 aromatic heterocycles. The molecule has 1 aliphatic carbocycles. The highest BCUT2D eigenvalue weighted by Crippen LogP contribution is 2.45. The molecule has 0 amide bonds. The Kier molecular flexibility index (Phi) is 7.83. The molecule has 2 fully saturated rings. The third-order valence-corrected chi connectivity index (χ3v) is 5.20. The SMILES string of the molecule is CCCCC[C@H](O)/C=C/C1CC[C@@H]2O/C(=C\CCCC(=O)O)C[C@H]12. The number of carbonyl (C=O) groups is 1. The van der Waals surface area contributed by atoms with Gasteiger partial charge in [-0.3, -0.25) is 4.79 Å². The van der Waals surface area contributed by atoms with E-state index in [2.05, 4.69) is 19.1 Å². The summed E-state index contributed by atoms with van der Waals surface area (Å²) in [5, 5.41) is 18.7. The molecule has 0 spiro atoms. The molecule has 1 saturated carbocycles. The Hall–Kier alpha value is -1.29. The molecular formula is C20H32O4. The lowest BCUT2D eigenvalue weighted by Gasteiger charge is -2.13. The summed E-state index contributed by atoms with van der Waals surface area (Å²) in [4.78, 5) is 10.5. The maximum absolute atomic E-state index is 10.5. The van der Waals surface area contributed by atoms with Crippen molar-refractivity contribution in [2.45, 2.75) is 83.3 Å². The number of carboxylic acids is 1. The third kappa shape index (κ3) is 5.97. The minimum Gasteiger partial charge on any atom is -0.495 e. The van der Waals surface area contributed by atoms with Gasteiger partial charge >= 0.3 is 5.97 Å². The second-order valence-corrected chi connectivity index (χ2v) is 7.17. The number of aliphatic carboxylic acids is 1. The van der Waals surface area contributed by atoms with Gasteiger partial charge < -0.3 is 14.9 Å². The summed E-state index contributed by atoms with van der Waals surface area (Å²) >= 11 is 0. The lowest BCUT2D eigenvalue weighted by molar-refractivity contribution is -0.137. The monoisotopic (exact) mass is 336 g/mol. The molecule has 4 atom stereocenters. The molecule has 0 bridgehead atoms. The minimum absolute atomic E-state index is 0.220. The summed E-state index contributed by atoms with van der Waals surface area (Å²) in [6, 6.07) is 0. The highest BCUT2D eigenvalue weighted by Gasteiger charge is 2.41. The largest absolute Gasteiger partial charge is 0.495 e. The molecule has 0 radical (unpaired) electrons. The van der Waals surface area contributed by atoms with Crippen molar-refractivity contribution in [3.05, 3.63) is 24.0 Å². The van der Waals surface area contributed by atoms with E-state index >= 15 is 0 Å². The van der Waals surface area contributed by atoms with Gasteiger partial charge in [-0.05, 0) is 44.1 Å². The zero-order chi connectivity index (χ0) is 17.4. The normalized spacial score (nSPS) is 29.1. The lowest BCUT2D eigenvalue weighted by atomic mass is 9.91. The smallest absolute Gasteiger partial charge is 0.303 e. The van der Waals surface area contributed by atoms with Crippen molar-refractivity contribution < 1.29 is 19.7 Å². The van der Waals surface area contributed by atoms with E-state index in [-0.39, 0.29) is 12.5 Å². The number of carboxylic acid groups (broad SMARTS) is 1. The zero-order valence-electron chi connectivity index (χ0n) is 14.8. The zero-order valence-corrected chi connectivity index (χ0v) is 14.8. The van der Waals surface area contributed by atoms with Crippen LogP contribution in [0.4, 0.5) is 0 Å². The van der Waals surface area contributed by atoms with Crippen molar-refractivity contribution in [2.24, 2.45) is 11.8 Å². The van der Waals surface area contributed by atoms with Crippen molar-refractivity contribution in [2.75, 3.05) is 0 Å². The van der Waals surface area contributed by atoms with Gasteiger partial charge in [0.2, 0.25) is 0 Å². The summed E-state index contributed by atoms with van der Waals surface area (Å²) < 4.78 is 6.03. The molecule has 1 saturated heterocycles. The van der Waals surface area contributed by atoms with Gasteiger partial charge in [0.15, 0.2) is 0 Å². The Morgan fingerprint density at radius 1 is 1.33 bits per heavy atom. The predicted molar refractivity (Wildman–Crippen MR) is 94.6 cm³/mol. The average molecular weight is 336 g/mol. The Labute approximate surface area is 145 Å². The van der Waals surface area contributed by atoms with Gasteiger partial charge in [-0.25, -0.2) is 0 Å². The number of aliphatic hydroxyl groups excluding tert-OH is 1. The first-order chi connectivity index (χ1) is 11.6. The van der Waals surface area contributed by atoms with Crippen molar-refractivity contribution >= 4 is 5.97 Å². The summed E-state index contributed by atoms with van der Waals surface area (Å²) in [6.45, 7) is 2.17. The minimum atomic E-state index is -0.736. The van der Waals surface area contributed by atoms with E-state index < -0.39 is 5.97 Å². The van der Waals surface area contributed by atoms with Crippen molar-refractivity contribution in [1.29, 1.82) is 0 Å². The fraction of sp³-hybridized carbons (Fsp3) is 0.750. The first-order valence-corrected chi connectivity index (χ1v) is 9.54. The topological polar surface area (TPSA) is 66.8 Å². The van der Waals surface area contributed by atoms with E-state index in [0.29, 0.717) is 24.4 Å². The molecule has 2 rings (SSSR count). The van der Waals surface area contributed by atoms with Crippen molar-refractivity contribution in [1.82, 2.24) is 0 Å². The molecule has 1 heterocycles. The van der Waals surface area contributed by atoms with Crippen LogP contribution in [0.5, 0.6) is 0 Å². The molecule has 0 aromatic rings. The van der Waals surface area contributed by atoms with Gasteiger partial charge in [0.05, 0.1) is 11.9 Å². The Morgan fingerprint density at radius 2 is 2.17 bits per heavy atom. The molecule has 2 aliphatic rings. The van der Waals surface area contributed by atoms with E-state index in [0.717, 1.165) is 44.3 Å². The van der Waals surface area contributed by atoms with Crippen LogP contribution in [0, 0.1) is 11.8 Å². The van der Waals surface area contributed by atoms with Crippen LogP contribution < -0.4 is 0 Å². The average Bonchev–Trinajstić information content (AvgIpc) is 3.10. The maximum Gasteiger partial charge on any atom is 0.303 e. The van der Waals surface area contributed by atoms with E-state index in [1.807, 2.05) is 6.08 Å². The van der Waals surface area contributed by atoms with Crippen LogP contribution in [0.25, 0.3) is 0 Å². The second-order valence-electron chi connectivity index (χ2n) is 7.17. The van der Waals surface area contributed by atoms with Gasteiger partial charge in [-0.15, -0.1) is 0 Å². The van der Waals surface area contributed by atoms with E-state index in [1.165, 1.54) is 12.8 Å². The standard InChI is InChI=1S/C20H32O4/c1-2-3-4-7-16(21)12-10-15-11-13-19-18(15)14-17(24-19)8-5-6-9-20(22)23/h8,10,12,15-16,18-19,21H,2-7,9,11,13-14H2,1H3,(H,22,23)/b12-10+,17-8-/t15?,16-,18+,19-/m0/s1. The van der Waals surface area contributed by atoms with Crippen LogP contribution in [0.3, 0.4) is 0 Å². The molecule has 0 aromatic carbocycles. The number of rotatable bonds is 10. The molecule has 136 valence electrons. The van der Waals surface area contributed by atoms with Gasteiger partial charge in [-0.2, -0.15) is 0 Å². The third-order valence-electron chi connectivity index (χ3n) is 5.20. The molecule has 1 unspecified atom stereocenters. The van der Waals surface area contributed by atoms with E-state index in [9.17, 15) is 9.90 Å². The molecule has 4 heteroatoms. The number of unbranched alkanes of at least 4 members (excludes halogenated alkanes) is 3. The Bertz CT molecular complexity index is 455. The summed E-state index contributed by atoms with van der Waals surface area (Å²) in [5.74, 6) is 1.33. The number of hydrogen-bond donors (Lipinski definition) is 2. The fourth-order valence-electron chi connectivity index (χ4n) is 3.82. The van der Waals surface area contributed by atoms with Gasteiger partial charge in [0.25, 0.3) is 0 Å². The van der Waals surface area contributed by atoms with Crippen LogP contribution >= 0.6 is 0 Å². The van der Waals surface area contributed by atoms with Gasteiger partial charge in [0.1, 0.15) is 6.10 Å². The highest BCUT2D eigenvalue weighted by atomic mass is 16.5. The van der Waals surface area contributed by atoms with Crippen molar-refractivity contribution in [3.8, 4) is 0 Å². The molecule has 24 heavy (non-hydrogen) atoms.